The molecule has 1 atom stereocenters. The fourth-order valence-electron chi connectivity index (χ4n) is 2.78. The molecule has 9 nitrogen and oxygen atoms in total. The van der Waals surface area contributed by atoms with Crippen molar-refractivity contribution >= 4 is 25.0 Å². The van der Waals surface area contributed by atoms with Crippen LogP contribution in [0.1, 0.15) is 18.6 Å². The van der Waals surface area contributed by atoms with Gasteiger partial charge in [-0.05, 0) is 36.2 Å². The zero-order valence-corrected chi connectivity index (χ0v) is 15.6. The Hall–Kier alpha value is -1.77. The van der Waals surface area contributed by atoms with Gasteiger partial charge in [0.25, 0.3) is 5.69 Å². The summed E-state index contributed by atoms with van der Waals surface area (Å²) in [4.78, 5) is 14.8. The van der Waals surface area contributed by atoms with Gasteiger partial charge < -0.3 is 0 Å². The lowest BCUT2D eigenvalue weighted by Crippen LogP contribution is -2.11. The maximum atomic E-state index is 13.1. The molecule has 0 N–H and O–H groups in total. The van der Waals surface area contributed by atoms with E-state index in [4.69, 9.17) is 16.1 Å². The first kappa shape index (κ1) is 17.6. The van der Waals surface area contributed by atoms with E-state index in [0.717, 1.165) is 26.2 Å². The minimum atomic E-state index is -2.99. The Bertz CT molecular complexity index is 895. The van der Waals surface area contributed by atoms with Gasteiger partial charge in [0.05, 0.1) is 11.0 Å². The fraction of sp³-hybridized carbons (Fsp3) is 0.400. The second kappa shape index (κ2) is 6.44. The van der Waals surface area contributed by atoms with Crippen LogP contribution in [-0.4, -0.2) is 50.0 Å². The number of benzene rings is 1. The molecule has 2 aliphatic rings. The van der Waals surface area contributed by atoms with Crippen molar-refractivity contribution in [1.82, 2.24) is 18.9 Å². The normalized spacial score (nSPS) is 18.7. The topological polar surface area (TPSA) is 93.3 Å². The molecule has 3 heterocycles. The summed E-state index contributed by atoms with van der Waals surface area (Å²) in [7, 11) is -2.99. The van der Waals surface area contributed by atoms with E-state index in [2.05, 4.69) is 4.98 Å². The number of hydrogen-bond donors (Lipinski definition) is 0. The first-order valence-electron chi connectivity index (χ1n) is 8.17. The molecule has 2 aliphatic heterocycles. The Morgan fingerprint density at radius 3 is 2.46 bits per heavy atom. The number of imidazole rings is 1. The van der Waals surface area contributed by atoms with Crippen molar-refractivity contribution < 1.29 is 14.0 Å². The van der Waals surface area contributed by atoms with E-state index in [-0.39, 0.29) is 11.0 Å². The third-order valence-corrected chi connectivity index (χ3v) is 7.48. The molecule has 0 saturated carbocycles. The maximum absolute atomic E-state index is 13.1. The number of nitro benzene ring substituents is 1. The molecule has 138 valence electrons. The van der Waals surface area contributed by atoms with Crippen molar-refractivity contribution in [1.29, 1.82) is 0 Å². The van der Waals surface area contributed by atoms with Gasteiger partial charge >= 0.3 is 7.67 Å². The van der Waals surface area contributed by atoms with Gasteiger partial charge in [0, 0.05) is 44.6 Å². The predicted octanol–water partition coefficient (Wildman–Crippen LogP) is 3.25. The van der Waals surface area contributed by atoms with Crippen LogP contribution < -0.4 is 0 Å². The van der Waals surface area contributed by atoms with Gasteiger partial charge in [-0.1, -0.05) is 0 Å². The molecule has 1 aromatic heterocycles. The smallest absolute Gasteiger partial charge is 0.298 e. The highest BCUT2D eigenvalue weighted by molar-refractivity contribution is 7.54. The van der Waals surface area contributed by atoms with Crippen molar-refractivity contribution in [2.24, 2.45) is 0 Å². The van der Waals surface area contributed by atoms with Crippen LogP contribution >= 0.6 is 19.3 Å². The zero-order valence-electron chi connectivity index (χ0n) is 14.0. The second-order valence-corrected chi connectivity index (χ2v) is 8.88. The Kier molecular flexibility index (Phi) is 4.37. The quantitative estimate of drug-likeness (QED) is 0.306. The molecule has 26 heavy (non-hydrogen) atoms. The number of halogens is 1. The van der Waals surface area contributed by atoms with Crippen LogP contribution in [0.25, 0.3) is 5.69 Å². The molecular weight excluding hydrogens is 381 g/mol. The van der Waals surface area contributed by atoms with Crippen LogP contribution in [0.2, 0.25) is 5.28 Å². The number of rotatable bonds is 7. The Morgan fingerprint density at radius 2 is 1.96 bits per heavy atom. The Labute approximate surface area is 154 Å². The molecule has 1 aromatic carbocycles. The zero-order chi connectivity index (χ0) is 18.5. The minimum absolute atomic E-state index is 0.0964. The molecule has 1 unspecified atom stereocenters. The van der Waals surface area contributed by atoms with Gasteiger partial charge in [-0.15, -0.1) is 0 Å². The van der Waals surface area contributed by atoms with Crippen LogP contribution in [0.4, 0.5) is 5.69 Å². The van der Waals surface area contributed by atoms with Gasteiger partial charge in [-0.3, -0.25) is 23.8 Å². The number of nitro groups is 1. The van der Waals surface area contributed by atoms with Gasteiger partial charge in [-0.25, -0.2) is 14.3 Å². The largest absolute Gasteiger partial charge is 0.346 e. The van der Waals surface area contributed by atoms with Crippen molar-refractivity contribution in [3.63, 3.8) is 0 Å². The maximum Gasteiger partial charge on any atom is 0.346 e. The minimum Gasteiger partial charge on any atom is -0.298 e. The van der Waals surface area contributed by atoms with Crippen LogP contribution in [0.3, 0.4) is 0 Å². The summed E-state index contributed by atoms with van der Waals surface area (Å²) >= 11 is 6.03. The molecule has 0 bridgehead atoms. The summed E-state index contributed by atoms with van der Waals surface area (Å²) in [5, 5.41) is 11.5. The number of aromatic nitrogens is 2. The van der Waals surface area contributed by atoms with Gasteiger partial charge in [-0.2, -0.15) is 0 Å². The average Bonchev–Trinajstić information content (AvgIpc) is 3.51. The van der Waals surface area contributed by atoms with Crippen molar-refractivity contribution in [2.75, 3.05) is 26.2 Å². The summed E-state index contributed by atoms with van der Waals surface area (Å²) in [6.07, 6.45) is 2.52. The van der Waals surface area contributed by atoms with E-state index < -0.39 is 18.7 Å². The molecule has 0 spiro atoms. The number of nitrogens with zero attached hydrogens (tertiary/aromatic N) is 5. The number of hydrogen-bond acceptors (Lipinski definition) is 5. The van der Waals surface area contributed by atoms with Crippen LogP contribution in [-0.2, 0) is 9.09 Å². The van der Waals surface area contributed by atoms with Crippen molar-refractivity contribution in [2.45, 2.75) is 13.0 Å². The second-order valence-electron chi connectivity index (χ2n) is 6.22. The summed E-state index contributed by atoms with van der Waals surface area (Å²) in [6, 6.07) is 4.65. The van der Waals surface area contributed by atoms with Gasteiger partial charge in [0.1, 0.15) is 5.69 Å². The lowest BCUT2D eigenvalue weighted by Gasteiger charge is -2.24. The SMILES string of the molecule is CC(OP(=O)(N1CC1)N1CC1)c1ccc([N+](=O)[O-])c(-n2ccnc2Cl)c1. The van der Waals surface area contributed by atoms with E-state index in [1.54, 1.807) is 25.3 Å². The summed E-state index contributed by atoms with van der Waals surface area (Å²) < 4.78 is 24.2. The van der Waals surface area contributed by atoms with Gasteiger partial charge in [0.15, 0.2) is 0 Å². The highest BCUT2D eigenvalue weighted by Crippen LogP contribution is 2.63. The molecule has 0 amide bonds. The first-order valence-corrected chi connectivity index (χ1v) is 10.1. The van der Waals surface area contributed by atoms with Crippen LogP contribution in [0.15, 0.2) is 30.6 Å². The van der Waals surface area contributed by atoms with E-state index in [0.29, 0.717) is 11.3 Å². The van der Waals surface area contributed by atoms with E-state index in [1.165, 1.54) is 16.8 Å². The van der Waals surface area contributed by atoms with Crippen molar-refractivity contribution in [3.8, 4) is 5.69 Å². The van der Waals surface area contributed by atoms with Crippen LogP contribution in [0, 0.1) is 10.1 Å². The molecule has 2 aromatic rings. The monoisotopic (exact) mass is 397 g/mol. The first-order chi connectivity index (χ1) is 12.4. The molecular formula is C15H17ClN5O4P. The molecule has 11 heteroatoms. The predicted molar refractivity (Wildman–Crippen MR) is 95.5 cm³/mol. The highest BCUT2D eigenvalue weighted by Gasteiger charge is 2.50. The van der Waals surface area contributed by atoms with E-state index >= 15 is 0 Å². The third-order valence-electron chi connectivity index (χ3n) is 4.38. The molecule has 0 radical (unpaired) electrons. The molecule has 2 fully saturated rings. The Balaban J connectivity index is 1.67. The lowest BCUT2D eigenvalue weighted by atomic mass is 10.1. The van der Waals surface area contributed by atoms with E-state index in [1.807, 2.05) is 9.34 Å². The van der Waals surface area contributed by atoms with Gasteiger partial charge in [0.2, 0.25) is 5.28 Å². The molecule has 0 aliphatic carbocycles. The summed E-state index contributed by atoms with van der Waals surface area (Å²) in [6.45, 7) is 4.83. The third kappa shape index (κ3) is 3.17. The standard InChI is InChI=1S/C15H17ClN5O4P/c1-11(25-26(24,18-6-7-18)19-8-9-19)12-2-3-13(21(22)23)14(10-12)20-5-4-17-15(20)16/h2-5,10-11H,6-9H2,1H3. The van der Waals surface area contributed by atoms with Crippen LogP contribution in [0.5, 0.6) is 0 Å². The fourth-order valence-corrected chi connectivity index (χ4v) is 5.33. The highest BCUT2D eigenvalue weighted by atomic mass is 35.5. The van der Waals surface area contributed by atoms with E-state index in [9.17, 15) is 14.7 Å². The summed E-state index contributed by atoms with van der Waals surface area (Å²) in [5.74, 6) is 0. The Morgan fingerprint density at radius 1 is 1.31 bits per heavy atom. The molecule has 4 rings (SSSR count). The average molecular weight is 398 g/mol. The van der Waals surface area contributed by atoms with Crippen molar-refractivity contribution in [3.05, 3.63) is 51.6 Å². The lowest BCUT2D eigenvalue weighted by molar-refractivity contribution is -0.384. The molecule has 2 saturated heterocycles. The summed E-state index contributed by atoms with van der Waals surface area (Å²) in [5.41, 5.74) is 0.874.